The van der Waals surface area contributed by atoms with Crippen LogP contribution in [0.3, 0.4) is 0 Å². The second kappa shape index (κ2) is 13.5. The van der Waals surface area contributed by atoms with E-state index in [1.165, 1.54) is 18.1 Å². The Morgan fingerprint density at radius 2 is 2.18 bits per heavy atom. The van der Waals surface area contributed by atoms with Crippen molar-refractivity contribution in [3.63, 3.8) is 0 Å². The molecule has 0 spiro atoms. The van der Waals surface area contributed by atoms with Gasteiger partial charge in [-0.1, -0.05) is 13.0 Å². The van der Waals surface area contributed by atoms with Crippen molar-refractivity contribution < 1.29 is 13.7 Å². The van der Waals surface area contributed by atoms with E-state index in [0.717, 1.165) is 12.3 Å². The standard InChI is InChI=1S/C11H22N2O3S/c1-3-17-16-10-7-12-6-4-5-11(14)13-8-9-15-2/h4-5,12H,3,6-10H2,1-2H3,(H,13,14)/b5-4+. The van der Waals surface area contributed by atoms with E-state index in [-0.39, 0.29) is 5.91 Å². The number of rotatable bonds is 11. The van der Waals surface area contributed by atoms with Gasteiger partial charge in [-0.25, -0.2) is 0 Å². The zero-order valence-corrected chi connectivity index (χ0v) is 11.3. The number of hydrogen-bond donors (Lipinski definition) is 2. The van der Waals surface area contributed by atoms with Gasteiger partial charge in [-0.05, 0) is 12.0 Å². The average Bonchev–Trinajstić information content (AvgIpc) is 2.33. The summed E-state index contributed by atoms with van der Waals surface area (Å²) in [7, 11) is 1.60. The van der Waals surface area contributed by atoms with Crippen molar-refractivity contribution in [3.8, 4) is 0 Å². The Hall–Kier alpha value is -0.560. The summed E-state index contributed by atoms with van der Waals surface area (Å²) in [6.07, 6.45) is 3.30. The predicted octanol–water partition coefficient (Wildman–Crippen LogP) is 0.579. The zero-order valence-electron chi connectivity index (χ0n) is 10.5. The quantitative estimate of drug-likeness (QED) is 0.324. The van der Waals surface area contributed by atoms with Gasteiger partial charge in [-0.2, -0.15) is 0 Å². The molecular weight excluding hydrogens is 240 g/mol. The molecule has 1 amide bonds. The van der Waals surface area contributed by atoms with Gasteiger partial charge in [0.25, 0.3) is 0 Å². The third-order valence-electron chi connectivity index (χ3n) is 1.70. The van der Waals surface area contributed by atoms with Crippen molar-refractivity contribution >= 4 is 17.9 Å². The summed E-state index contributed by atoms with van der Waals surface area (Å²) in [5.41, 5.74) is 0. The van der Waals surface area contributed by atoms with E-state index >= 15 is 0 Å². The van der Waals surface area contributed by atoms with Crippen LogP contribution in [0.25, 0.3) is 0 Å². The highest BCUT2D eigenvalue weighted by molar-refractivity contribution is 7.94. The van der Waals surface area contributed by atoms with Crippen LogP contribution in [0.15, 0.2) is 12.2 Å². The van der Waals surface area contributed by atoms with Crippen molar-refractivity contribution in [3.05, 3.63) is 12.2 Å². The largest absolute Gasteiger partial charge is 0.383 e. The van der Waals surface area contributed by atoms with Crippen LogP contribution in [0, 0.1) is 0 Å². The highest BCUT2D eigenvalue weighted by Crippen LogP contribution is 1.98. The fourth-order valence-corrected chi connectivity index (χ4v) is 1.31. The minimum Gasteiger partial charge on any atom is -0.383 e. The van der Waals surface area contributed by atoms with Crippen LogP contribution < -0.4 is 10.6 Å². The van der Waals surface area contributed by atoms with Gasteiger partial charge in [0.2, 0.25) is 5.91 Å². The molecule has 2 N–H and O–H groups in total. The minimum absolute atomic E-state index is 0.0957. The van der Waals surface area contributed by atoms with Crippen LogP contribution >= 0.6 is 12.0 Å². The Balaban J connectivity index is 3.25. The van der Waals surface area contributed by atoms with Gasteiger partial charge in [0.1, 0.15) is 0 Å². The fourth-order valence-electron chi connectivity index (χ4n) is 0.943. The lowest BCUT2D eigenvalue weighted by Crippen LogP contribution is -2.25. The van der Waals surface area contributed by atoms with E-state index in [0.29, 0.717) is 26.3 Å². The maximum atomic E-state index is 11.2. The molecule has 0 aliphatic heterocycles. The molecule has 6 heteroatoms. The average molecular weight is 262 g/mol. The topological polar surface area (TPSA) is 59.6 Å². The lowest BCUT2D eigenvalue weighted by molar-refractivity contribution is -0.116. The Morgan fingerprint density at radius 3 is 2.88 bits per heavy atom. The smallest absolute Gasteiger partial charge is 0.243 e. The van der Waals surface area contributed by atoms with Crippen molar-refractivity contribution in [1.29, 1.82) is 0 Å². The number of carbonyl (C=O) groups excluding carboxylic acids is 1. The van der Waals surface area contributed by atoms with E-state index in [1.807, 2.05) is 6.92 Å². The summed E-state index contributed by atoms with van der Waals surface area (Å²) in [4.78, 5) is 11.2. The number of nitrogens with one attached hydrogen (secondary N) is 2. The number of methoxy groups -OCH3 is 1. The van der Waals surface area contributed by atoms with Gasteiger partial charge >= 0.3 is 0 Å². The summed E-state index contributed by atoms with van der Waals surface area (Å²) < 4.78 is 10.0. The van der Waals surface area contributed by atoms with Gasteiger partial charge in [0.15, 0.2) is 0 Å². The van der Waals surface area contributed by atoms with E-state index in [4.69, 9.17) is 8.92 Å². The molecule has 0 aromatic rings. The number of amides is 1. The molecule has 0 aromatic carbocycles. The third kappa shape index (κ3) is 13.4. The number of ether oxygens (including phenoxy) is 1. The summed E-state index contributed by atoms with van der Waals surface area (Å²) in [6, 6.07) is 0. The van der Waals surface area contributed by atoms with Crippen LogP contribution in [0.5, 0.6) is 0 Å². The molecular formula is C11H22N2O3S. The van der Waals surface area contributed by atoms with Gasteiger partial charge < -0.3 is 19.6 Å². The lowest BCUT2D eigenvalue weighted by atomic mass is 10.4. The third-order valence-corrected chi connectivity index (χ3v) is 2.27. The maximum Gasteiger partial charge on any atom is 0.243 e. The van der Waals surface area contributed by atoms with Gasteiger partial charge in [0, 0.05) is 38.6 Å². The number of carbonyl (C=O) groups is 1. The predicted molar refractivity (Wildman–Crippen MR) is 71.0 cm³/mol. The molecule has 17 heavy (non-hydrogen) atoms. The number of hydrogen-bond acceptors (Lipinski definition) is 5. The molecule has 0 unspecified atom stereocenters. The van der Waals surface area contributed by atoms with Crippen LogP contribution in [0.1, 0.15) is 6.92 Å². The summed E-state index contributed by atoms with van der Waals surface area (Å²) in [6.45, 7) is 5.23. The first-order chi connectivity index (χ1) is 8.31. The van der Waals surface area contributed by atoms with Gasteiger partial charge in [0.05, 0.1) is 13.2 Å². The molecule has 0 aromatic heterocycles. The highest BCUT2D eigenvalue weighted by Gasteiger charge is 1.92. The molecule has 0 heterocycles. The molecule has 0 bridgehead atoms. The molecule has 0 radical (unpaired) electrons. The Bertz CT molecular complexity index is 213. The first kappa shape index (κ1) is 16.4. The Kier molecular flexibility index (Phi) is 13.1. The summed E-state index contributed by atoms with van der Waals surface area (Å²) in [5.74, 6) is 0.864. The van der Waals surface area contributed by atoms with Gasteiger partial charge in [-0.3, -0.25) is 4.79 Å². The Labute approximate surface area is 108 Å². The van der Waals surface area contributed by atoms with Crippen molar-refractivity contribution in [2.24, 2.45) is 0 Å². The van der Waals surface area contributed by atoms with E-state index in [1.54, 1.807) is 13.2 Å². The molecule has 0 aliphatic rings. The maximum absolute atomic E-state index is 11.2. The van der Waals surface area contributed by atoms with E-state index in [9.17, 15) is 4.79 Å². The van der Waals surface area contributed by atoms with Gasteiger partial charge in [-0.15, -0.1) is 0 Å². The van der Waals surface area contributed by atoms with Crippen LogP contribution in [0.2, 0.25) is 0 Å². The van der Waals surface area contributed by atoms with E-state index in [2.05, 4.69) is 10.6 Å². The molecule has 0 aliphatic carbocycles. The first-order valence-electron chi connectivity index (χ1n) is 5.69. The second-order valence-corrected chi connectivity index (χ2v) is 4.17. The first-order valence-corrected chi connectivity index (χ1v) is 6.60. The zero-order chi connectivity index (χ0) is 12.8. The monoisotopic (exact) mass is 262 g/mol. The van der Waals surface area contributed by atoms with Crippen LogP contribution in [-0.2, 0) is 13.7 Å². The minimum atomic E-state index is -0.0957. The lowest BCUT2D eigenvalue weighted by Gasteiger charge is -2.02. The van der Waals surface area contributed by atoms with Crippen molar-refractivity contribution in [1.82, 2.24) is 10.6 Å². The summed E-state index contributed by atoms with van der Waals surface area (Å²) in [5, 5.41) is 5.83. The van der Waals surface area contributed by atoms with Crippen LogP contribution in [0.4, 0.5) is 0 Å². The summed E-state index contributed by atoms with van der Waals surface area (Å²) >= 11 is 1.45. The van der Waals surface area contributed by atoms with E-state index < -0.39 is 0 Å². The highest BCUT2D eigenvalue weighted by atomic mass is 32.2. The molecule has 0 rings (SSSR count). The molecule has 0 saturated carbocycles. The second-order valence-electron chi connectivity index (χ2n) is 3.12. The van der Waals surface area contributed by atoms with Crippen molar-refractivity contribution in [2.75, 3.05) is 45.7 Å². The Morgan fingerprint density at radius 1 is 1.35 bits per heavy atom. The molecule has 0 atom stereocenters. The van der Waals surface area contributed by atoms with Crippen LogP contribution in [-0.4, -0.2) is 51.6 Å². The molecule has 100 valence electrons. The molecule has 0 fully saturated rings. The molecule has 5 nitrogen and oxygen atoms in total. The molecule has 0 saturated heterocycles. The fraction of sp³-hybridized carbons (Fsp3) is 0.727. The SMILES string of the molecule is CCSOCCNC/C=C/C(=O)NCCOC. The van der Waals surface area contributed by atoms with Crippen molar-refractivity contribution in [2.45, 2.75) is 6.92 Å². The normalized spacial score (nSPS) is 10.9.